The first-order valence-electron chi connectivity index (χ1n) is 8.95. The van der Waals surface area contributed by atoms with Crippen LogP contribution in [0, 0.1) is 12.8 Å². The number of rotatable bonds is 2. The summed E-state index contributed by atoms with van der Waals surface area (Å²) in [5.41, 5.74) is 1.05. The number of alkyl halides is 1. The Bertz CT molecular complexity index is 728. The van der Waals surface area contributed by atoms with Crippen LogP contribution >= 0.6 is 22.6 Å². The lowest BCUT2D eigenvalue weighted by Crippen LogP contribution is -2.46. The van der Waals surface area contributed by atoms with E-state index >= 15 is 0 Å². The highest BCUT2D eigenvalue weighted by Crippen LogP contribution is 2.51. The minimum absolute atomic E-state index is 0.0358. The van der Waals surface area contributed by atoms with Crippen LogP contribution in [0.2, 0.25) is 0 Å². The van der Waals surface area contributed by atoms with E-state index in [2.05, 4.69) is 22.6 Å². The molecule has 0 bridgehead atoms. The van der Waals surface area contributed by atoms with Gasteiger partial charge in [-0.15, -0.1) is 0 Å². The van der Waals surface area contributed by atoms with Crippen molar-refractivity contribution in [2.24, 2.45) is 5.92 Å². The maximum Gasteiger partial charge on any atom is 0.243 e. The number of benzene rings is 1. The zero-order valence-corrected chi connectivity index (χ0v) is 17.3. The van der Waals surface area contributed by atoms with E-state index in [1.807, 2.05) is 19.1 Å². The Balaban J connectivity index is 1.71. The van der Waals surface area contributed by atoms with E-state index in [-0.39, 0.29) is 12.0 Å². The van der Waals surface area contributed by atoms with Crippen molar-refractivity contribution in [2.75, 3.05) is 19.8 Å². The normalized spacial score (nSPS) is 32.6. The number of fused-ring (bicyclic) bond motifs is 2. The molecule has 25 heavy (non-hydrogen) atoms. The maximum atomic E-state index is 13.3. The van der Waals surface area contributed by atoms with Gasteiger partial charge in [-0.2, -0.15) is 4.31 Å². The average molecular weight is 477 g/mol. The van der Waals surface area contributed by atoms with Gasteiger partial charge in [0.05, 0.1) is 24.7 Å². The Morgan fingerprint density at radius 1 is 1.12 bits per heavy atom. The first-order chi connectivity index (χ1) is 11.9. The highest BCUT2D eigenvalue weighted by Gasteiger charge is 2.62. The lowest BCUT2D eigenvalue weighted by molar-refractivity contribution is -0.236. The van der Waals surface area contributed by atoms with Gasteiger partial charge in [-0.25, -0.2) is 8.42 Å². The minimum Gasteiger partial charge on any atom is -0.348 e. The molecule has 2 saturated heterocycles. The van der Waals surface area contributed by atoms with Crippen molar-refractivity contribution in [3.8, 4) is 0 Å². The molecule has 2 aliphatic heterocycles. The molecule has 2 heterocycles. The summed E-state index contributed by atoms with van der Waals surface area (Å²) in [6.45, 7) is 3.55. The highest BCUT2D eigenvalue weighted by atomic mass is 127. The number of hydrogen-bond acceptors (Lipinski definition) is 4. The smallest absolute Gasteiger partial charge is 0.243 e. The number of aryl methyl sites for hydroxylation is 1. The average Bonchev–Trinajstić information content (AvgIpc) is 3.01. The summed E-state index contributed by atoms with van der Waals surface area (Å²) in [7, 11) is -3.55. The molecule has 0 unspecified atom stereocenters. The third-order valence-corrected chi connectivity index (χ3v) is 8.94. The number of sulfonamides is 1. The first-order valence-corrected chi connectivity index (χ1v) is 11.6. The molecular formula is C18H24INO4S. The van der Waals surface area contributed by atoms with Crippen molar-refractivity contribution >= 4 is 32.6 Å². The van der Waals surface area contributed by atoms with Gasteiger partial charge in [-0.05, 0) is 44.7 Å². The summed E-state index contributed by atoms with van der Waals surface area (Å²) in [5.74, 6) is -0.673. The second-order valence-corrected chi connectivity index (χ2v) is 10.8. The van der Waals surface area contributed by atoms with Crippen LogP contribution in [0.5, 0.6) is 0 Å². The molecule has 1 aliphatic carbocycles. The highest BCUT2D eigenvalue weighted by molar-refractivity contribution is 14.1. The summed E-state index contributed by atoms with van der Waals surface area (Å²) >= 11 is 2.45. The van der Waals surface area contributed by atoms with Crippen molar-refractivity contribution in [1.29, 1.82) is 0 Å². The predicted octanol–water partition coefficient (Wildman–Crippen LogP) is 3.10. The van der Waals surface area contributed by atoms with E-state index in [0.717, 1.165) is 31.2 Å². The van der Waals surface area contributed by atoms with Gasteiger partial charge in [-0.3, -0.25) is 0 Å². The zero-order chi connectivity index (χ0) is 17.7. The van der Waals surface area contributed by atoms with E-state index < -0.39 is 15.8 Å². The molecule has 3 fully saturated rings. The lowest BCUT2D eigenvalue weighted by atomic mass is 9.98. The molecule has 0 radical (unpaired) electrons. The standard InChI is InChI=1S/C18H24INO4S/c1-13-4-6-14(7-5-13)25(21,22)20-12-18(23-10-2-3-11-24-18)17-15(19)8-9-16(17)20/h4-7,15-17H,2-3,8-12H2,1H3/t15-,16-,17+/m0/s1. The van der Waals surface area contributed by atoms with E-state index in [9.17, 15) is 8.42 Å². The van der Waals surface area contributed by atoms with E-state index in [0.29, 0.717) is 28.6 Å². The predicted molar refractivity (Wildman–Crippen MR) is 103 cm³/mol. The van der Waals surface area contributed by atoms with Crippen molar-refractivity contribution < 1.29 is 17.9 Å². The summed E-state index contributed by atoms with van der Waals surface area (Å²) in [5, 5.41) is 0. The Hall–Kier alpha value is -0.220. The van der Waals surface area contributed by atoms with E-state index in [1.165, 1.54) is 0 Å². The van der Waals surface area contributed by atoms with Crippen molar-refractivity contribution in [3.05, 3.63) is 29.8 Å². The molecule has 0 amide bonds. The van der Waals surface area contributed by atoms with E-state index in [4.69, 9.17) is 9.47 Å². The molecule has 7 heteroatoms. The van der Waals surface area contributed by atoms with Crippen LogP contribution in [0.4, 0.5) is 0 Å². The summed E-state index contributed by atoms with van der Waals surface area (Å²) in [6, 6.07) is 7.08. The molecule has 1 aromatic carbocycles. The Kier molecular flexibility index (Phi) is 4.90. The summed E-state index contributed by atoms with van der Waals surface area (Å²) in [4.78, 5) is 0.361. The third kappa shape index (κ3) is 3.05. The molecule has 1 aromatic rings. The van der Waals surface area contributed by atoms with Crippen LogP contribution in [0.3, 0.4) is 0 Å². The monoisotopic (exact) mass is 477 g/mol. The van der Waals surface area contributed by atoms with Gasteiger partial charge >= 0.3 is 0 Å². The fourth-order valence-electron chi connectivity index (χ4n) is 4.39. The molecule has 3 aliphatic rings. The SMILES string of the molecule is Cc1ccc(S(=O)(=O)N2CC3(OCCCCO3)[C@@H]3[C@@H](I)CC[C@@H]32)cc1. The minimum atomic E-state index is -3.55. The summed E-state index contributed by atoms with van der Waals surface area (Å²) in [6.07, 6.45) is 3.81. The van der Waals surface area contributed by atoms with Crippen molar-refractivity contribution in [1.82, 2.24) is 4.31 Å². The Morgan fingerprint density at radius 2 is 1.76 bits per heavy atom. The second kappa shape index (κ2) is 6.74. The van der Waals surface area contributed by atoms with Gasteiger partial charge in [0.2, 0.25) is 10.0 Å². The zero-order valence-electron chi connectivity index (χ0n) is 14.4. The van der Waals surface area contributed by atoms with Crippen LogP contribution in [-0.2, 0) is 19.5 Å². The maximum absolute atomic E-state index is 13.3. The lowest BCUT2D eigenvalue weighted by Gasteiger charge is -2.34. The quantitative estimate of drug-likeness (QED) is 0.486. The fraction of sp³-hybridized carbons (Fsp3) is 0.667. The number of nitrogens with zero attached hydrogens (tertiary/aromatic N) is 1. The molecule has 1 saturated carbocycles. The fourth-order valence-corrected chi connectivity index (χ4v) is 7.47. The molecule has 0 aromatic heterocycles. The molecule has 138 valence electrons. The summed E-state index contributed by atoms with van der Waals surface area (Å²) < 4.78 is 41.0. The van der Waals surface area contributed by atoms with Crippen molar-refractivity contribution in [3.63, 3.8) is 0 Å². The Labute approximate surface area is 163 Å². The van der Waals surface area contributed by atoms with Crippen LogP contribution < -0.4 is 0 Å². The molecule has 3 atom stereocenters. The van der Waals surface area contributed by atoms with Gasteiger partial charge < -0.3 is 9.47 Å². The van der Waals surface area contributed by atoms with Crippen LogP contribution in [0.15, 0.2) is 29.2 Å². The molecule has 5 nitrogen and oxygen atoms in total. The van der Waals surface area contributed by atoms with Gasteiger partial charge in [0, 0.05) is 15.9 Å². The number of hydrogen-bond donors (Lipinski definition) is 0. The van der Waals surface area contributed by atoms with Crippen LogP contribution in [0.25, 0.3) is 0 Å². The second-order valence-electron chi connectivity index (χ2n) is 7.27. The van der Waals surface area contributed by atoms with Gasteiger partial charge in [0.15, 0.2) is 5.79 Å². The van der Waals surface area contributed by atoms with Gasteiger partial charge in [0.1, 0.15) is 0 Å². The molecule has 4 rings (SSSR count). The first kappa shape index (κ1) is 18.2. The molecule has 0 N–H and O–H groups in total. The van der Waals surface area contributed by atoms with E-state index in [1.54, 1.807) is 16.4 Å². The Morgan fingerprint density at radius 3 is 2.40 bits per heavy atom. The van der Waals surface area contributed by atoms with Gasteiger partial charge in [0.25, 0.3) is 0 Å². The van der Waals surface area contributed by atoms with Gasteiger partial charge in [-0.1, -0.05) is 40.3 Å². The van der Waals surface area contributed by atoms with Crippen molar-refractivity contribution in [2.45, 2.75) is 53.3 Å². The van der Waals surface area contributed by atoms with Crippen LogP contribution in [-0.4, -0.2) is 48.2 Å². The number of halogens is 1. The largest absolute Gasteiger partial charge is 0.348 e. The molecule has 1 spiro atoms. The molecular weight excluding hydrogens is 453 g/mol. The third-order valence-electron chi connectivity index (χ3n) is 5.66. The number of ether oxygens (including phenoxy) is 2. The van der Waals surface area contributed by atoms with Crippen LogP contribution in [0.1, 0.15) is 31.2 Å². The topological polar surface area (TPSA) is 55.8 Å².